The minimum Gasteiger partial charge on any atom is -0.366 e. The molecule has 0 bridgehead atoms. The third-order valence-corrected chi connectivity index (χ3v) is 4.77. The highest BCUT2D eigenvalue weighted by Crippen LogP contribution is 2.58. The normalized spacial score (nSPS) is 24.7. The van der Waals surface area contributed by atoms with Crippen LogP contribution in [-0.4, -0.2) is 10.6 Å². The Balaban J connectivity index is 1.53. The number of aromatic nitrogens is 1. The molecule has 1 saturated carbocycles. The molecule has 1 fully saturated rings. The Morgan fingerprint density at radius 1 is 1.32 bits per heavy atom. The number of benzene rings is 1. The first kappa shape index (κ1) is 13.6. The molecule has 2 aromatic rings. The van der Waals surface area contributed by atoms with Crippen LogP contribution in [0.3, 0.4) is 0 Å². The van der Waals surface area contributed by atoms with Gasteiger partial charge >= 0.3 is 0 Å². The van der Waals surface area contributed by atoms with E-state index in [1.807, 2.05) is 25.3 Å². The number of hydrogen-bond donors (Lipinski definition) is 0. The number of pyridine rings is 1. The Kier molecular flexibility index (Phi) is 3.12. The first-order valence-electron chi connectivity index (χ1n) is 7.77. The van der Waals surface area contributed by atoms with E-state index in [2.05, 4.69) is 23.2 Å². The van der Waals surface area contributed by atoms with Crippen molar-refractivity contribution >= 4 is 6.08 Å². The fraction of sp³-hybridized carbons (Fsp3) is 0.316. The van der Waals surface area contributed by atoms with Gasteiger partial charge in [0.05, 0.1) is 17.9 Å². The second kappa shape index (κ2) is 5.03. The summed E-state index contributed by atoms with van der Waals surface area (Å²) in [4.78, 5) is 4.40. The van der Waals surface area contributed by atoms with Crippen molar-refractivity contribution in [1.82, 2.24) is 4.98 Å². The zero-order valence-electron chi connectivity index (χ0n) is 12.6. The molecule has 2 atom stereocenters. The van der Waals surface area contributed by atoms with Gasteiger partial charge in [-0.05, 0) is 53.8 Å². The Labute approximate surface area is 129 Å². The molecule has 0 N–H and O–H groups in total. The maximum absolute atomic E-state index is 13.3. The molecule has 22 heavy (non-hydrogen) atoms. The van der Waals surface area contributed by atoms with Crippen molar-refractivity contribution in [2.24, 2.45) is 0 Å². The summed E-state index contributed by atoms with van der Waals surface area (Å²) in [6.45, 7) is 2.57. The van der Waals surface area contributed by atoms with Gasteiger partial charge in [-0.2, -0.15) is 0 Å². The van der Waals surface area contributed by atoms with Gasteiger partial charge in [-0.1, -0.05) is 25.1 Å². The fourth-order valence-electron chi connectivity index (χ4n) is 3.39. The molecule has 1 aromatic heterocycles. The summed E-state index contributed by atoms with van der Waals surface area (Å²) in [7, 11) is 0. The van der Waals surface area contributed by atoms with E-state index in [4.69, 9.17) is 4.74 Å². The lowest BCUT2D eigenvalue weighted by Gasteiger charge is -2.20. The van der Waals surface area contributed by atoms with Crippen LogP contribution in [0.2, 0.25) is 0 Å². The van der Waals surface area contributed by atoms with Gasteiger partial charge in [-0.15, -0.1) is 0 Å². The average Bonchev–Trinajstić information content (AvgIpc) is 3.29. The predicted octanol–water partition coefficient (Wildman–Crippen LogP) is 4.25. The summed E-state index contributed by atoms with van der Waals surface area (Å²) in [5.74, 6) is 0.229. The second-order valence-electron chi connectivity index (χ2n) is 6.08. The van der Waals surface area contributed by atoms with Crippen molar-refractivity contribution < 1.29 is 9.13 Å². The van der Waals surface area contributed by atoms with Gasteiger partial charge in [0.2, 0.25) is 0 Å². The predicted molar refractivity (Wildman–Crippen MR) is 83.9 cm³/mol. The SMILES string of the molecule is CCc1cc(F)ccc1COC12C=Cc3ncccc3C1C2. The molecule has 2 nitrogen and oxygen atoms in total. The molecule has 2 aliphatic carbocycles. The maximum atomic E-state index is 13.3. The lowest BCUT2D eigenvalue weighted by Crippen LogP contribution is -2.17. The third kappa shape index (κ3) is 2.17. The van der Waals surface area contributed by atoms with Gasteiger partial charge < -0.3 is 4.74 Å². The van der Waals surface area contributed by atoms with E-state index in [1.54, 1.807) is 6.07 Å². The standard InChI is InChI=1S/C19H18FNO/c1-2-13-10-15(20)6-5-14(13)12-22-19-8-7-18-16(17(19)11-19)4-3-9-21-18/h3-10,17H,2,11-12H2,1H3. The minimum absolute atomic E-state index is 0.180. The Bertz CT molecular complexity index is 755. The molecule has 1 heterocycles. The minimum atomic E-state index is -0.185. The number of nitrogens with zero attached hydrogens (tertiary/aromatic N) is 1. The van der Waals surface area contributed by atoms with Crippen molar-refractivity contribution in [3.8, 4) is 0 Å². The Morgan fingerprint density at radius 3 is 3.09 bits per heavy atom. The molecule has 0 amide bonds. The first-order valence-corrected chi connectivity index (χ1v) is 7.77. The van der Waals surface area contributed by atoms with E-state index < -0.39 is 0 Å². The van der Waals surface area contributed by atoms with Gasteiger partial charge in [-0.3, -0.25) is 4.98 Å². The van der Waals surface area contributed by atoms with E-state index in [1.165, 1.54) is 11.6 Å². The van der Waals surface area contributed by atoms with Crippen LogP contribution in [0, 0.1) is 5.82 Å². The van der Waals surface area contributed by atoms with E-state index in [-0.39, 0.29) is 11.4 Å². The summed E-state index contributed by atoms with van der Waals surface area (Å²) >= 11 is 0. The number of aryl methyl sites for hydroxylation is 1. The van der Waals surface area contributed by atoms with Crippen LogP contribution in [0.4, 0.5) is 4.39 Å². The number of halogens is 1. The van der Waals surface area contributed by atoms with Crippen LogP contribution in [-0.2, 0) is 17.8 Å². The molecule has 0 spiro atoms. The Hall–Kier alpha value is -2.00. The van der Waals surface area contributed by atoms with Crippen LogP contribution in [0.15, 0.2) is 42.6 Å². The van der Waals surface area contributed by atoms with Gasteiger partial charge in [0.25, 0.3) is 0 Å². The van der Waals surface area contributed by atoms with Crippen LogP contribution < -0.4 is 0 Å². The third-order valence-electron chi connectivity index (χ3n) is 4.77. The van der Waals surface area contributed by atoms with Crippen molar-refractivity contribution in [2.75, 3.05) is 0 Å². The first-order chi connectivity index (χ1) is 10.7. The van der Waals surface area contributed by atoms with E-state index in [9.17, 15) is 4.39 Å². The lowest BCUT2D eigenvalue weighted by atomic mass is 10.00. The molecule has 2 unspecified atom stereocenters. The zero-order valence-corrected chi connectivity index (χ0v) is 12.6. The number of hydrogen-bond acceptors (Lipinski definition) is 2. The molecule has 112 valence electrons. The molecular weight excluding hydrogens is 277 g/mol. The summed E-state index contributed by atoms with van der Waals surface area (Å²) in [6, 6.07) is 9.07. The summed E-state index contributed by atoms with van der Waals surface area (Å²) in [6.07, 6.45) is 7.85. The highest BCUT2D eigenvalue weighted by molar-refractivity contribution is 5.61. The van der Waals surface area contributed by atoms with Gasteiger partial charge in [0, 0.05) is 12.1 Å². The van der Waals surface area contributed by atoms with Crippen molar-refractivity contribution in [3.63, 3.8) is 0 Å². The number of ether oxygens (including phenoxy) is 1. The molecule has 2 aliphatic rings. The van der Waals surface area contributed by atoms with Gasteiger partial charge in [0.15, 0.2) is 0 Å². The monoisotopic (exact) mass is 295 g/mol. The summed E-state index contributed by atoms with van der Waals surface area (Å²) in [5, 5.41) is 0. The van der Waals surface area contributed by atoms with Crippen LogP contribution in [0.1, 0.15) is 41.6 Å². The quantitative estimate of drug-likeness (QED) is 0.841. The van der Waals surface area contributed by atoms with Crippen LogP contribution in [0.25, 0.3) is 6.08 Å². The van der Waals surface area contributed by atoms with E-state index in [0.717, 1.165) is 29.7 Å². The molecule has 1 aromatic carbocycles. The van der Waals surface area contributed by atoms with Gasteiger partial charge in [0.1, 0.15) is 5.82 Å². The van der Waals surface area contributed by atoms with E-state index in [0.29, 0.717) is 12.5 Å². The second-order valence-corrected chi connectivity index (χ2v) is 6.08. The lowest BCUT2D eigenvalue weighted by molar-refractivity contribution is 0.0486. The zero-order chi connectivity index (χ0) is 15.2. The maximum Gasteiger partial charge on any atom is 0.123 e. The Morgan fingerprint density at radius 2 is 2.23 bits per heavy atom. The number of rotatable bonds is 4. The average molecular weight is 295 g/mol. The highest BCUT2D eigenvalue weighted by atomic mass is 19.1. The van der Waals surface area contributed by atoms with Crippen molar-refractivity contribution in [2.45, 2.75) is 37.9 Å². The number of fused-ring (bicyclic) bond motifs is 3. The molecule has 0 aliphatic heterocycles. The van der Waals surface area contributed by atoms with Crippen molar-refractivity contribution in [3.05, 3.63) is 70.8 Å². The smallest absolute Gasteiger partial charge is 0.123 e. The topological polar surface area (TPSA) is 22.1 Å². The van der Waals surface area contributed by atoms with Gasteiger partial charge in [-0.25, -0.2) is 4.39 Å². The summed E-state index contributed by atoms with van der Waals surface area (Å²) < 4.78 is 19.6. The molecular formula is C19H18FNO. The molecule has 0 saturated heterocycles. The largest absolute Gasteiger partial charge is 0.366 e. The van der Waals surface area contributed by atoms with Crippen LogP contribution >= 0.6 is 0 Å². The highest BCUT2D eigenvalue weighted by Gasteiger charge is 2.56. The molecule has 4 rings (SSSR count). The van der Waals surface area contributed by atoms with Crippen molar-refractivity contribution in [1.29, 1.82) is 0 Å². The van der Waals surface area contributed by atoms with E-state index >= 15 is 0 Å². The summed E-state index contributed by atoms with van der Waals surface area (Å²) in [5.41, 5.74) is 4.25. The molecule has 3 heteroatoms. The van der Waals surface area contributed by atoms with Crippen LogP contribution in [0.5, 0.6) is 0 Å². The fourth-order valence-corrected chi connectivity index (χ4v) is 3.39. The molecule has 0 radical (unpaired) electrons.